The Morgan fingerprint density at radius 2 is 1.90 bits per heavy atom. The van der Waals surface area contributed by atoms with Gasteiger partial charge in [0.15, 0.2) is 11.5 Å². The van der Waals surface area contributed by atoms with E-state index < -0.39 is 0 Å². The van der Waals surface area contributed by atoms with E-state index in [1.54, 1.807) is 0 Å². The summed E-state index contributed by atoms with van der Waals surface area (Å²) in [6, 6.07) is 8.08. The number of benzene rings is 1. The van der Waals surface area contributed by atoms with E-state index in [1.165, 1.54) is 38.5 Å². The fourth-order valence-electron chi connectivity index (χ4n) is 3.34. The fourth-order valence-corrected chi connectivity index (χ4v) is 3.34. The van der Waals surface area contributed by atoms with Crippen molar-refractivity contribution in [1.82, 2.24) is 4.98 Å². The number of para-hydroxylation sites is 2. The molecular weight excluding hydrogens is 248 g/mol. The molecule has 1 saturated carbocycles. The number of hydrogen-bond donors (Lipinski definition) is 1. The van der Waals surface area contributed by atoms with Crippen molar-refractivity contribution in [3.63, 3.8) is 0 Å². The van der Waals surface area contributed by atoms with Gasteiger partial charge in [-0.3, -0.25) is 0 Å². The standard InChI is InChI=1S/C17H24N2O/c18-14(11-13-7-3-1-2-4-8-13)12-17-19-15-9-5-6-10-16(15)20-17/h5-6,9-10,13-14H,1-4,7-8,11-12,18H2. The lowest BCUT2D eigenvalue weighted by atomic mass is 9.92. The lowest BCUT2D eigenvalue weighted by Crippen LogP contribution is -2.26. The predicted octanol–water partition coefficient (Wildman–Crippen LogP) is 4.06. The van der Waals surface area contributed by atoms with Crippen LogP contribution in [0.5, 0.6) is 0 Å². The number of aromatic nitrogens is 1. The van der Waals surface area contributed by atoms with Gasteiger partial charge < -0.3 is 10.2 Å². The third-order valence-electron chi connectivity index (χ3n) is 4.39. The fraction of sp³-hybridized carbons (Fsp3) is 0.588. The van der Waals surface area contributed by atoms with Crippen molar-refractivity contribution in [2.75, 3.05) is 0 Å². The highest BCUT2D eigenvalue weighted by Gasteiger charge is 2.17. The normalized spacial score (nSPS) is 19.1. The highest BCUT2D eigenvalue weighted by Crippen LogP contribution is 2.27. The van der Waals surface area contributed by atoms with Gasteiger partial charge in [0.25, 0.3) is 0 Å². The largest absolute Gasteiger partial charge is 0.441 e. The first-order valence-corrected chi connectivity index (χ1v) is 7.91. The summed E-state index contributed by atoms with van der Waals surface area (Å²) in [7, 11) is 0. The number of hydrogen-bond acceptors (Lipinski definition) is 3. The van der Waals surface area contributed by atoms with Crippen LogP contribution in [0, 0.1) is 5.92 Å². The number of rotatable bonds is 4. The van der Waals surface area contributed by atoms with Crippen molar-refractivity contribution in [3.8, 4) is 0 Å². The average Bonchev–Trinajstić information content (AvgIpc) is 2.66. The van der Waals surface area contributed by atoms with Crippen LogP contribution in [-0.4, -0.2) is 11.0 Å². The first-order chi connectivity index (χ1) is 9.81. The molecule has 0 bridgehead atoms. The third-order valence-corrected chi connectivity index (χ3v) is 4.39. The zero-order valence-corrected chi connectivity index (χ0v) is 12.1. The van der Waals surface area contributed by atoms with E-state index in [1.807, 2.05) is 24.3 Å². The highest BCUT2D eigenvalue weighted by atomic mass is 16.3. The van der Waals surface area contributed by atoms with Crippen LogP contribution in [-0.2, 0) is 6.42 Å². The molecule has 1 unspecified atom stereocenters. The van der Waals surface area contributed by atoms with Crippen LogP contribution in [0.25, 0.3) is 11.1 Å². The Morgan fingerprint density at radius 3 is 2.65 bits per heavy atom. The Bertz CT molecular complexity index is 508. The molecular formula is C17H24N2O. The molecule has 1 aromatic carbocycles. The maximum atomic E-state index is 6.31. The van der Waals surface area contributed by atoms with Gasteiger partial charge in [-0.05, 0) is 24.5 Å². The van der Waals surface area contributed by atoms with Crippen LogP contribution in [0.3, 0.4) is 0 Å². The van der Waals surface area contributed by atoms with E-state index in [9.17, 15) is 0 Å². The SMILES string of the molecule is NC(Cc1nc2ccccc2o1)CC1CCCCCC1. The third kappa shape index (κ3) is 3.40. The van der Waals surface area contributed by atoms with E-state index in [0.717, 1.165) is 35.7 Å². The minimum Gasteiger partial charge on any atom is -0.441 e. The van der Waals surface area contributed by atoms with Crippen molar-refractivity contribution < 1.29 is 4.42 Å². The number of fused-ring (bicyclic) bond motifs is 1. The molecule has 1 aromatic heterocycles. The molecule has 0 amide bonds. The quantitative estimate of drug-likeness (QED) is 0.854. The van der Waals surface area contributed by atoms with Gasteiger partial charge in [-0.15, -0.1) is 0 Å². The van der Waals surface area contributed by atoms with Crippen molar-refractivity contribution in [2.24, 2.45) is 11.7 Å². The lowest BCUT2D eigenvalue weighted by Gasteiger charge is -2.18. The molecule has 108 valence electrons. The minimum absolute atomic E-state index is 0.172. The molecule has 1 atom stereocenters. The van der Waals surface area contributed by atoms with Crippen LogP contribution in [0.1, 0.15) is 50.8 Å². The van der Waals surface area contributed by atoms with Gasteiger partial charge in [-0.1, -0.05) is 50.7 Å². The number of nitrogens with zero attached hydrogens (tertiary/aromatic N) is 1. The van der Waals surface area contributed by atoms with Gasteiger partial charge in [0.05, 0.1) is 0 Å². The van der Waals surface area contributed by atoms with E-state index in [4.69, 9.17) is 10.2 Å². The zero-order chi connectivity index (χ0) is 13.8. The Balaban J connectivity index is 1.58. The summed E-state index contributed by atoms with van der Waals surface area (Å²) < 4.78 is 5.76. The molecule has 2 N–H and O–H groups in total. The van der Waals surface area contributed by atoms with Gasteiger partial charge in [-0.2, -0.15) is 0 Å². The van der Waals surface area contributed by atoms with Gasteiger partial charge in [-0.25, -0.2) is 4.98 Å². The monoisotopic (exact) mass is 272 g/mol. The van der Waals surface area contributed by atoms with Crippen LogP contribution in [0.15, 0.2) is 28.7 Å². The highest BCUT2D eigenvalue weighted by molar-refractivity contribution is 5.72. The van der Waals surface area contributed by atoms with Gasteiger partial charge in [0.1, 0.15) is 5.52 Å². The minimum atomic E-state index is 0.172. The molecule has 0 spiro atoms. The van der Waals surface area contributed by atoms with E-state index in [-0.39, 0.29) is 6.04 Å². The first kappa shape index (κ1) is 13.6. The lowest BCUT2D eigenvalue weighted by molar-refractivity contribution is 0.373. The predicted molar refractivity (Wildman–Crippen MR) is 81.5 cm³/mol. The average molecular weight is 272 g/mol. The van der Waals surface area contributed by atoms with Gasteiger partial charge in [0, 0.05) is 12.5 Å². The molecule has 3 rings (SSSR count). The van der Waals surface area contributed by atoms with Crippen LogP contribution >= 0.6 is 0 Å². The Labute approximate surface area is 120 Å². The summed E-state index contributed by atoms with van der Waals surface area (Å²) in [5, 5.41) is 0. The summed E-state index contributed by atoms with van der Waals surface area (Å²) in [5.74, 6) is 1.59. The van der Waals surface area contributed by atoms with Crippen molar-refractivity contribution in [2.45, 2.75) is 57.4 Å². The second-order valence-corrected chi connectivity index (χ2v) is 6.13. The topological polar surface area (TPSA) is 52.0 Å². The van der Waals surface area contributed by atoms with E-state index in [0.29, 0.717) is 0 Å². The Morgan fingerprint density at radius 1 is 1.15 bits per heavy atom. The van der Waals surface area contributed by atoms with Crippen LogP contribution in [0.4, 0.5) is 0 Å². The number of nitrogens with two attached hydrogens (primary N) is 1. The summed E-state index contributed by atoms with van der Waals surface area (Å²) >= 11 is 0. The summed E-state index contributed by atoms with van der Waals surface area (Å²) in [5.41, 5.74) is 8.11. The smallest absolute Gasteiger partial charge is 0.197 e. The molecule has 2 aromatic rings. The van der Waals surface area contributed by atoms with E-state index in [2.05, 4.69) is 4.98 Å². The molecule has 3 nitrogen and oxygen atoms in total. The van der Waals surface area contributed by atoms with Crippen LogP contribution in [0.2, 0.25) is 0 Å². The Kier molecular flexibility index (Phi) is 4.36. The molecule has 3 heteroatoms. The summed E-state index contributed by atoms with van der Waals surface area (Å²) in [4.78, 5) is 4.52. The Hall–Kier alpha value is -1.35. The van der Waals surface area contributed by atoms with Gasteiger partial charge >= 0.3 is 0 Å². The molecule has 0 aliphatic heterocycles. The zero-order valence-electron chi connectivity index (χ0n) is 12.1. The summed E-state index contributed by atoms with van der Waals surface area (Å²) in [6.45, 7) is 0. The second-order valence-electron chi connectivity index (χ2n) is 6.13. The summed E-state index contributed by atoms with van der Waals surface area (Å²) in [6.07, 6.45) is 10.1. The molecule has 0 saturated heterocycles. The maximum absolute atomic E-state index is 6.31. The molecule has 1 aliphatic rings. The molecule has 20 heavy (non-hydrogen) atoms. The van der Waals surface area contributed by atoms with Gasteiger partial charge in [0.2, 0.25) is 0 Å². The molecule has 1 fully saturated rings. The molecule has 1 heterocycles. The first-order valence-electron chi connectivity index (χ1n) is 7.91. The molecule has 0 radical (unpaired) electrons. The van der Waals surface area contributed by atoms with Crippen molar-refractivity contribution in [1.29, 1.82) is 0 Å². The van der Waals surface area contributed by atoms with Crippen molar-refractivity contribution in [3.05, 3.63) is 30.2 Å². The van der Waals surface area contributed by atoms with Crippen molar-refractivity contribution >= 4 is 11.1 Å². The number of oxazole rings is 1. The maximum Gasteiger partial charge on any atom is 0.197 e. The van der Waals surface area contributed by atoms with E-state index >= 15 is 0 Å². The molecule has 1 aliphatic carbocycles. The van der Waals surface area contributed by atoms with Crippen LogP contribution < -0.4 is 5.73 Å². The second kappa shape index (κ2) is 6.40.